The molecule has 16 heavy (non-hydrogen) atoms. The molecule has 0 atom stereocenters. The fourth-order valence-corrected chi connectivity index (χ4v) is 2.79. The van der Waals surface area contributed by atoms with Crippen molar-refractivity contribution >= 4 is 33.0 Å². The van der Waals surface area contributed by atoms with Gasteiger partial charge in [0, 0.05) is 16.1 Å². The molecule has 2 rings (SSSR count). The Morgan fingerprint density at radius 2 is 1.81 bits per heavy atom. The van der Waals surface area contributed by atoms with E-state index in [1.807, 2.05) is 0 Å². The maximum absolute atomic E-state index is 12.9. The van der Waals surface area contributed by atoms with E-state index in [-0.39, 0.29) is 11.3 Å². The van der Waals surface area contributed by atoms with Crippen LogP contribution in [0.2, 0.25) is 0 Å². The maximum Gasteiger partial charge on any atom is 0.204 e. The first-order valence-corrected chi connectivity index (χ1v) is 5.99. The zero-order valence-electron chi connectivity index (χ0n) is 7.84. The molecule has 0 aliphatic carbocycles. The second-order valence-corrected chi connectivity index (χ2v) is 4.86. The van der Waals surface area contributed by atoms with Crippen molar-refractivity contribution in [2.75, 3.05) is 0 Å². The van der Waals surface area contributed by atoms with Gasteiger partial charge in [0.2, 0.25) is 5.78 Å². The van der Waals surface area contributed by atoms with Crippen molar-refractivity contribution in [3.63, 3.8) is 0 Å². The Balaban J connectivity index is 2.45. The molecule has 0 spiro atoms. The van der Waals surface area contributed by atoms with E-state index >= 15 is 0 Å². The molecule has 2 aromatic rings. The van der Waals surface area contributed by atoms with E-state index in [2.05, 4.69) is 15.9 Å². The molecule has 82 valence electrons. The van der Waals surface area contributed by atoms with Crippen LogP contribution in [0.1, 0.15) is 15.2 Å². The Hall–Kier alpha value is -1.07. The van der Waals surface area contributed by atoms with Crippen LogP contribution < -0.4 is 0 Å². The van der Waals surface area contributed by atoms with Gasteiger partial charge in [-0.05, 0) is 39.5 Å². The number of benzene rings is 1. The standard InChI is InChI=1S/C11H5BrF2OS/c12-9-1-2-16-11(9)10(15)6-3-7(13)5-8(14)4-6/h1-5H. The highest BCUT2D eigenvalue weighted by Crippen LogP contribution is 2.25. The van der Waals surface area contributed by atoms with Crippen LogP contribution in [0.5, 0.6) is 0 Å². The summed E-state index contributed by atoms with van der Waals surface area (Å²) >= 11 is 4.43. The summed E-state index contributed by atoms with van der Waals surface area (Å²) in [5, 5.41) is 1.73. The van der Waals surface area contributed by atoms with E-state index in [0.717, 1.165) is 18.2 Å². The molecule has 1 aromatic carbocycles. The van der Waals surface area contributed by atoms with E-state index in [0.29, 0.717) is 9.35 Å². The summed E-state index contributed by atoms with van der Waals surface area (Å²) in [5.41, 5.74) is 0.0145. The molecule has 5 heteroatoms. The van der Waals surface area contributed by atoms with Crippen LogP contribution in [0.3, 0.4) is 0 Å². The molecule has 0 amide bonds. The first-order valence-electron chi connectivity index (χ1n) is 4.31. The lowest BCUT2D eigenvalue weighted by Crippen LogP contribution is -2.01. The second kappa shape index (κ2) is 4.43. The predicted molar refractivity (Wildman–Crippen MR) is 61.8 cm³/mol. The average molecular weight is 303 g/mol. The smallest absolute Gasteiger partial charge is 0.204 e. The Labute approximate surface area is 103 Å². The highest BCUT2D eigenvalue weighted by Gasteiger charge is 2.15. The molecule has 0 saturated heterocycles. The number of thiophene rings is 1. The van der Waals surface area contributed by atoms with E-state index < -0.39 is 11.6 Å². The number of carbonyl (C=O) groups is 1. The Kier molecular flexibility index (Phi) is 3.16. The second-order valence-electron chi connectivity index (χ2n) is 3.08. The van der Waals surface area contributed by atoms with Gasteiger partial charge in [-0.1, -0.05) is 0 Å². The zero-order valence-corrected chi connectivity index (χ0v) is 10.2. The van der Waals surface area contributed by atoms with Gasteiger partial charge in [-0.3, -0.25) is 4.79 Å². The molecule has 0 unspecified atom stereocenters. The monoisotopic (exact) mass is 302 g/mol. The average Bonchev–Trinajstić information content (AvgIpc) is 2.62. The molecule has 0 aliphatic rings. The van der Waals surface area contributed by atoms with Crippen molar-refractivity contribution in [1.29, 1.82) is 0 Å². The fourth-order valence-electron chi connectivity index (χ4n) is 1.27. The molecular formula is C11H5BrF2OS. The molecule has 1 heterocycles. The van der Waals surface area contributed by atoms with Crippen LogP contribution in [0.25, 0.3) is 0 Å². The lowest BCUT2D eigenvalue weighted by atomic mass is 10.1. The number of ketones is 1. The molecule has 1 aromatic heterocycles. The van der Waals surface area contributed by atoms with Crippen molar-refractivity contribution in [3.8, 4) is 0 Å². The summed E-state index contributed by atoms with van der Waals surface area (Å²) < 4.78 is 26.5. The van der Waals surface area contributed by atoms with Gasteiger partial charge in [0.1, 0.15) is 11.6 Å². The van der Waals surface area contributed by atoms with Crippen molar-refractivity contribution in [2.45, 2.75) is 0 Å². The molecule has 0 aliphatic heterocycles. The van der Waals surface area contributed by atoms with Gasteiger partial charge < -0.3 is 0 Å². The van der Waals surface area contributed by atoms with E-state index in [9.17, 15) is 13.6 Å². The summed E-state index contributed by atoms with van der Waals surface area (Å²) in [6, 6.07) is 4.50. The Morgan fingerprint density at radius 1 is 1.19 bits per heavy atom. The van der Waals surface area contributed by atoms with Crippen LogP contribution in [0.15, 0.2) is 34.1 Å². The van der Waals surface area contributed by atoms with Crippen LogP contribution >= 0.6 is 27.3 Å². The van der Waals surface area contributed by atoms with Gasteiger partial charge in [-0.15, -0.1) is 11.3 Å². The highest BCUT2D eigenvalue weighted by molar-refractivity contribution is 9.10. The quantitative estimate of drug-likeness (QED) is 0.766. The molecule has 0 saturated carbocycles. The Bertz CT molecular complexity index is 530. The van der Waals surface area contributed by atoms with Gasteiger partial charge in [0.25, 0.3) is 0 Å². The first-order chi connectivity index (χ1) is 7.58. The predicted octanol–water partition coefficient (Wildman–Crippen LogP) is 4.02. The Morgan fingerprint density at radius 3 is 2.31 bits per heavy atom. The summed E-state index contributed by atoms with van der Waals surface area (Å²) in [5.74, 6) is -1.90. The summed E-state index contributed by atoms with van der Waals surface area (Å²) in [6.45, 7) is 0. The normalized spacial score (nSPS) is 10.4. The van der Waals surface area contributed by atoms with Crippen molar-refractivity contribution < 1.29 is 13.6 Å². The SMILES string of the molecule is O=C(c1cc(F)cc(F)c1)c1sccc1Br. The molecule has 0 bridgehead atoms. The fraction of sp³-hybridized carbons (Fsp3) is 0. The third-order valence-electron chi connectivity index (χ3n) is 1.95. The van der Waals surface area contributed by atoms with E-state index in [1.165, 1.54) is 11.3 Å². The van der Waals surface area contributed by atoms with Gasteiger partial charge in [0.15, 0.2) is 0 Å². The third-order valence-corrected chi connectivity index (χ3v) is 3.78. The van der Waals surface area contributed by atoms with Crippen LogP contribution in [0, 0.1) is 11.6 Å². The summed E-state index contributed by atoms with van der Waals surface area (Å²) in [4.78, 5) is 12.3. The van der Waals surface area contributed by atoms with Crippen LogP contribution in [0.4, 0.5) is 8.78 Å². The lowest BCUT2D eigenvalue weighted by molar-refractivity contribution is 0.104. The van der Waals surface area contributed by atoms with Crippen molar-refractivity contribution in [2.24, 2.45) is 0 Å². The minimum atomic E-state index is -0.754. The number of hydrogen-bond donors (Lipinski definition) is 0. The number of hydrogen-bond acceptors (Lipinski definition) is 2. The van der Waals surface area contributed by atoms with Gasteiger partial charge in [-0.2, -0.15) is 0 Å². The van der Waals surface area contributed by atoms with Gasteiger partial charge >= 0.3 is 0 Å². The molecule has 0 radical (unpaired) electrons. The first kappa shape index (κ1) is 11.4. The van der Waals surface area contributed by atoms with Gasteiger partial charge in [-0.25, -0.2) is 8.78 Å². The van der Waals surface area contributed by atoms with E-state index in [1.54, 1.807) is 11.4 Å². The van der Waals surface area contributed by atoms with Gasteiger partial charge in [0.05, 0.1) is 4.88 Å². The van der Waals surface area contributed by atoms with Crippen LogP contribution in [-0.4, -0.2) is 5.78 Å². The minimum Gasteiger partial charge on any atom is -0.288 e. The highest BCUT2D eigenvalue weighted by atomic mass is 79.9. The molecule has 0 fully saturated rings. The summed E-state index contributed by atoms with van der Waals surface area (Å²) in [7, 11) is 0. The largest absolute Gasteiger partial charge is 0.288 e. The molecule has 0 N–H and O–H groups in total. The lowest BCUT2D eigenvalue weighted by Gasteiger charge is -2.00. The molecule has 1 nitrogen and oxygen atoms in total. The molecular weight excluding hydrogens is 298 g/mol. The minimum absolute atomic E-state index is 0.0145. The van der Waals surface area contributed by atoms with Crippen molar-refractivity contribution in [3.05, 3.63) is 56.2 Å². The maximum atomic E-state index is 12.9. The zero-order chi connectivity index (χ0) is 11.7. The number of rotatable bonds is 2. The number of halogens is 3. The number of carbonyl (C=O) groups excluding carboxylic acids is 1. The van der Waals surface area contributed by atoms with Crippen molar-refractivity contribution in [1.82, 2.24) is 0 Å². The van der Waals surface area contributed by atoms with Crippen LogP contribution in [-0.2, 0) is 0 Å². The summed E-state index contributed by atoms with van der Waals surface area (Å²) in [6.07, 6.45) is 0. The van der Waals surface area contributed by atoms with E-state index in [4.69, 9.17) is 0 Å². The topological polar surface area (TPSA) is 17.1 Å². The third kappa shape index (κ3) is 2.20.